The van der Waals surface area contributed by atoms with E-state index in [-0.39, 0.29) is 11.6 Å². The van der Waals surface area contributed by atoms with E-state index in [4.69, 9.17) is 11.6 Å². The van der Waals surface area contributed by atoms with E-state index < -0.39 is 11.4 Å². The second-order valence-corrected chi connectivity index (χ2v) is 7.37. The monoisotopic (exact) mass is 371 g/mol. The Labute approximate surface area is 156 Å². The SMILES string of the molecule is CC(C)(C)NC(=O)c1cc(-c2ccccc2F)nn1-c1ccccc1Cl. The summed E-state index contributed by atoms with van der Waals surface area (Å²) in [5, 5.41) is 7.81. The standard InChI is InChI=1S/C20H19ClFN3O/c1-20(2,3)23-19(26)18-12-16(13-8-4-6-10-15(13)22)24-25(18)17-11-7-5-9-14(17)21/h4-12H,1-3H3,(H,23,26). The highest BCUT2D eigenvalue weighted by Gasteiger charge is 2.23. The number of hydrogen-bond acceptors (Lipinski definition) is 2. The minimum absolute atomic E-state index is 0.284. The van der Waals surface area contributed by atoms with Crippen molar-refractivity contribution in [2.75, 3.05) is 0 Å². The summed E-state index contributed by atoms with van der Waals surface area (Å²) in [4.78, 5) is 12.8. The summed E-state index contributed by atoms with van der Waals surface area (Å²) in [5.41, 5.74) is 1.09. The summed E-state index contributed by atoms with van der Waals surface area (Å²) in [6, 6.07) is 15.0. The van der Waals surface area contributed by atoms with Gasteiger partial charge >= 0.3 is 0 Å². The van der Waals surface area contributed by atoms with E-state index in [2.05, 4.69) is 10.4 Å². The van der Waals surface area contributed by atoms with Gasteiger partial charge in [-0.25, -0.2) is 9.07 Å². The largest absolute Gasteiger partial charge is 0.346 e. The van der Waals surface area contributed by atoms with E-state index in [1.807, 2.05) is 20.8 Å². The predicted octanol–water partition coefficient (Wildman–Crippen LogP) is 4.86. The number of amides is 1. The van der Waals surface area contributed by atoms with Crippen LogP contribution in [0.3, 0.4) is 0 Å². The summed E-state index contributed by atoms with van der Waals surface area (Å²) < 4.78 is 15.6. The molecule has 0 aliphatic carbocycles. The third-order valence-corrected chi connectivity index (χ3v) is 3.98. The molecule has 26 heavy (non-hydrogen) atoms. The Morgan fingerprint density at radius 1 is 1.12 bits per heavy atom. The lowest BCUT2D eigenvalue weighted by Gasteiger charge is -2.20. The smallest absolute Gasteiger partial charge is 0.270 e. The van der Waals surface area contributed by atoms with Gasteiger partial charge in [-0.3, -0.25) is 4.79 Å². The van der Waals surface area contributed by atoms with E-state index >= 15 is 0 Å². The molecule has 2 aromatic carbocycles. The van der Waals surface area contributed by atoms with Crippen LogP contribution >= 0.6 is 11.6 Å². The zero-order chi connectivity index (χ0) is 18.9. The van der Waals surface area contributed by atoms with Gasteiger partial charge in [-0.15, -0.1) is 0 Å². The predicted molar refractivity (Wildman–Crippen MR) is 101 cm³/mol. The van der Waals surface area contributed by atoms with Crippen molar-refractivity contribution in [3.63, 3.8) is 0 Å². The molecular weight excluding hydrogens is 353 g/mol. The lowest BCUT2D eigenvalue weighted by Crippen LogP contribution is -2.41. The number of carbonyl (C=O) groups excluding carboxylic acids is 1. The molecule has 3 aromatic rings. The summed E-state index contributed by atoms with van der Waals surface area (Å²) >= 11 is 6.29. The maximum Gasteiger partial charge on any atom is 0.270 e. The van der Waals surface area contributed by atoms with E-state index in [0.29, 0.717) is 22.0 Å². The fraction of sp³-hybridized carbons (Fsp3) is 0.200. The normalized spacial score (nSPS) is 11.4. The van der Waals surface area contributed by atoms with Crippen molar-refractivity contribution in [3.8, 4) is 16.9 Å². The van der Waals surface area contributed by atoms with Crippen LogP contribution in [0.4, 0.5) is 4.39 Å². The van der Waals surface area contributed by atoms with Gasteiger partial charge in [0.15, 0.2) is 0 Å². The van der Waals surface area contributed by atoms with Gasteiger partial charge < -0.3 is 5.32 Å². The summed E-state index contributed by atoms with van der Waals surface area (Å²) in [5.74, 6) is -0.716. The maximum absolute atomic E-state index is 14.2. The maximum atomic E-state index is 14.2. The van der Waals surface area contributed by atoms with Crippen LogP contribution in [-0.4, -0.2) is 21.2 Å². The van der Waals surface area contributed by atoms with Gasteiger partial charge in [0.2, 0.25) is 0 Å². The Bertz CT molecular complexity index is 960. The van der Waals surface area contributed by atoms with Crippen molar-refractivity contribution >= 4 is 17.5 Å². The molecule has 0 spiro atoms. The minimum atomic E-state index is -0.426. The molecule has 4 nitrogen and oxygen atoms in total. The first kappa shape index (κ1) is 18.1. The molecule has 0 radical (unpaired) electrons. The Hall–Kier alpha value is -2.66. The zero-order valence-electron chi connectivity index (χ0n) is 14.8. The van der Waals surface area contributed by atoms with Crippen LogP contribution < -0.4 is 5.32 Å². The molecule has 0 aliphatic heterocycles. The molecule has 0 saturated heterocycles. The van der Waals surface area contributed by atoms with Crippen molar-refractivity contribution in [2.24, 2.45) is 0 Å². The molecule has 0 atom stereocenters. The number of hydrogen-bond donors (Lipinski definition) is 1. The molecule has 0 bridgehead atoms. The summed E-state index contributed by atoms with van der Waals surface area (Å²) in [6.07, 6.45) is 0. The lowest BCUT2D eigenvalue weighted by atomic mass is 10.1. The van der Waals surface area contributed by atoms with Gasteiger partial charge in [0.25, 0.3) is 5.91 Å². The number of aromatic nitrogens is 2. The molecule has 1 N–H and O–H groups in total. The first-order valence-corrected chi connectivity index (χ1v) is 8.56. The highest BCUT2D eigenvalue weighted by Crippen LogP contribution is 2.27. The van der Waals surface area contributed by atoms with E-state index in [1.165, 1.54) is 10.7 Å². The quantitative estimate of drug-likeness (QED) is 0.714. The Morgan fingerprint density at radius 2 is 1.77 bits per heavy atom. The second kappa shape index (κ2) is 6.92. The van der Waals surface area contributed by atoms with Crippen LogP contribution in [-0.2, 0) is 0 Å². The van der Waals surface area contributed by atoms with Crippen LogP contribution in [0.15, 0.2) is 54.6 Å². The molecule has 0 saturated carbocycles. The molecule has 1 aromatic heterocycles. The lowest BCUT2D eigenvalue weighted by molar-refractivity contribution is 0.0911. The summed E-state index contributed by atoms with van der Waals surface area (Å²) in [7, 11) is 0. The molecule has 1 heterocycles. The third-order valence-electron chi connectivity index (χ3n) is 3.66. The number of para-hydroxylation sites is 1. The van der Waals surface area contributed by atoms with E-state index in [0.717, 1.165) is 0 Å². The number of nitrogens with zero attached hydrogens (tertiary/aromatic N) is 2. The fourth-order valence-electron chi connectivity index (χ4n) is 2.56. The Balaban J connectivity index is 2.17. The number of rotatable bonds is 3. The number of benzene rings is 2. The number of nitrogens with one attached hydrogen (secondary N) is 1. The van der Waals surface area contributed by atoms with E-state index in [9.17, 15) is 9.18 Å². The number of halogens is 2. The second-order valence-electron chi connectivity index (χ2n) is 6.96. The molecule has 3 rings (SSSR count). The molecule has 134 valence electrons. The van der Waals surface area contributed by atoms with E-state index in [1.54, 1.807) is 48.5 Å². The van der Waals surface area contributed by atoms with Crippen molar-refractivity contribution < 1.29 is 9.18 Å². The average molecular weight is 372 g/mol. The highest BCUT2D eigenvalue weighted by atomic mass is 35.5. The molecule has 0 aliphatic rings. The van der Waals surface area contributed by atoms with Gasteiger partial charge in [-0.05, 0) is 51.1 Å². The van der Waals surface area contributed by atoms with Crippen molar-refractivity contribution in [2.45, 2.75) is 26.3 Å². The van der Waals surface area contributed by atoms with Gasteiger partial charge in [-0.1, -0.05) is 35.9 Å². The van der Waals surface area contributed by atoms with Gasteiger partial charge in [0.1, 0.15) is 11.5 Å². The van der Waals surface area contributed by atoms with Gasteiger partial charge in [0.05, 0.1) is 16.4 Å². The molecule has 0 unspecified atom stereocenters. The zero-order valence-corrected chi connectivity index (χ0v) is 15.5. The third kappa shape index (κ3) is 3.78. The van der Waals surface area contributed by atoms with Crippen LogP contribution in [0.5, 0.6) is 0 Å². The Morgan fingerprint density at radius 3 is 2.42 bits per heavy atom. The van der Waals surface area contributed by atoms with Crippen LogP contribution in [0.1, 0.15) is 31.3 Å². The van der Waals surface area contributed by atoms with Crippen LogP contribution in [0.25, 0.3) is 16.9 Å². The molecule has 0 fully saturated rings. The average Bonchev–Trinajstić information content (AvgIpc) is 2.99. The minimum Gasteiger partial charge on any atom is -0.346 e. The molecule has 1 amide bonds. The summed E-state index contributed by atoms with van der Waals surface area (Å²) in [6.45, 7) is 5.66. The first-order valence-electron chi connectivity index (χ1n) is 8.18. The molecule has 6 heteroatoms. The fourth-order valence-corrected chi connectivity index (χ4v) is 2.77. The van der Waals surface area contributed by atoms with Crippen molar-refractivity contribution in [1.82, 2.24) is 15.1 Å². The van der Waals surface area contributed by atoms with Crippen LogP contribution in [0.2, 0.25) is 5.02 Å². The van der Waals surface area contributed by atoms with Crippen LogP contribution in [0, 0.1) is 5.82 Å². The van der Waals surface area contributed by atoms with Gasteiger partial charge in [0, 0.05) is 11.1 Å². The number of carbonyl (C=O) groups is 1. The van der Waals surface area contributed by atoms with Crippen molar-refractivity contribution in [3.05, 3.63) is 71.1 Å². The first-order chi connectivity index (χ1) is 12.3. The van der Waals surface area contributed by atoms with Gasteiger partial charge in [-0.2, -0.15) is 5.10 Å². The molecular formula is C20H19ClFN3O. The van der Waals surface area contributed by atoms with Crippen molar-refractivity contribution in [1.29, 1.82) is 0 Å². The Kier molecular flexibility index (Phi) is 4.83. The topological polar surface area (TPSA) is 46.9 Å². The highest BCUT2D eigenvalue weighted by molar-refractivity contribution is 6.32.